The Balaban J connectivity index is 2.80. The van der Waals surface area contributed by atoms with Crippen LogP contribution in [0.4, 0.5) is 13.2 Å². The molecule has 1 saturated heterocycles. The van der Waals surface area contributed by atoms with Gasteiger partial charge in [0, 0.05) is 24.7 Å². The second kappa shape index (κ2) is 4.92. The van der Waals surface area contributed by atoms with E-state index in [1.807, 2.05) is 20.8 Å². The average Bonchev–Trinajstić information content (AvgIpc) is 2.17. The van der Waals surface area contributed by atoms with Crippen LogP contribution in [-0.2, 0) is 0 Å². The predicted octanol–water partition coefficient (Wildman–Crippen LogP) is 2.40. The minimum absolute atomic E-state index is 0.133. The number of nitrogens with one attached hydrogen (secondary N) is 1. The minimum Gasteiger partial charge on any atom is -0.311 e. The maximum absolute atomic E-state index is 12.5. The lowest BCUT2D eigenvalue weighted by molar-refractivity contribution is -0.165. The summed E-state index contributed by atoms with van der Waals surface area (Å²) in [5, 5.41) is 3.28. The first kappa shape index (κ1) is 13.8. The molecule has 1 rings (SSSR count). The maximum atomic E-state index is 12.5. The van der Waals surface area contributed by atoms with Crippen LogP contribution in [0.5, 0.6) is 0 Å². The van der Waals surface area contributed by atoms with Gasteiger partial charge in [-0.15, -0.1) is 0 Å². The monoisotopic (exact) mass is 238 g/mol. The molecule has 0 aromatic rings. The molecule has 2 nitrogen and oxygen atoms in total. The molecule has 5 heteroatoms. The topological polar surface area (TPSA) is 15.3 Å². The van der Waals surface area contributed by atoms with Gasteiger partial charge in [-0.3, -0.25) is 4.90 Å². The van der Waals surface area contributed by atoms with E-state index in [0.717, 1.165) is 12.8 Å². The van der Waals surface area contributed by atoms with Gasteiger partial charge >= 0.3 is 6.18 Å². The highest BCUT2D eigenvalue weighted by Crippen LogP contribution is 2.30. The summed E-state index contributed by atoms with van der Waals surface area (Å²) in [4.78, 5) is 1.61. The van der Waals surface area contributed by atoms with E-state index < -0.39 is 12.7 Å². The fourth-order valence-corrected chi connectivity index (χ4v) is 2.46. The van der Waals surface area contributed by atoms with Crippen molar-refractivity contribution in [2.24, 2.45) is 0 Å². The molecule has 1 unspecified atom stereocenters. The van der Waals surface area contributed by atoms with Crippen LogP contribution in [0.1, 0.15) is 33.6 Å². The zero-order chi connectivity index (χ0) is 12.4. The maximum Gasteiger partial charge on any atom is 0.401 e. The molecule has 1 aliphatic rings. The number of nitrogens with zero attached hydrogens (tertiary/aromatic N) is 1. The highest BCUT2D eigenvalue weighted by molar-refractivity contribution is 4.97. The molecule has 0 aromatic carbocycles. The molecule has 1 fully saturated rings. The van der Waals surface area contributed by atoms with Crippen molar-refractivity contribution >= 4 is 0 Å². The van der Waals surface area contributed by atoms with Gasteiger partial charge in [0.2, 0.25) is 0 Å². The molecular formula is C11H21F3N2. The Morgan fingerprint density at radius 3 is 2.31 bits per heavy atom. The SMILES string of the molecule is CCC1(CC)CNC(C)CN1CC(F)(F)F. The fourth-order valence-electron chi connectivity index (χ4n) is 2.46. The summed E-state index contributed by atoms with van der Waals surface area (Å²) >= 11 is 0. The molecule has 1 heterocycles. The smallest absolute Gasteiger partial charge is 0.311 e. The van der Waals surface area contributed by atoms with Crippen LogP contribution in [0.2, 0.25) is 0 Å². The van der Waals surface area contributed by atoms with E-state index in [4.69, 9.17) is 0 Å². The van der Waals surface area contributed by atoms with E-state index in [-0.39, 0.29) is 11.6 Å². The van der Waals surface area contributed by atoms with Gasteiger partial charge in [0.15, 0.2) is 0 Å². The number of hydrogen-bond donors (Lipinski definition) is 1. The van der Waals surface area contributed by atoms with Crippen LogP contribution in [0, 0.1) is 0 Å². The molecular weight excluding hydrogens is 217 g/mol. The first-order valence-electron chi connectivity index (χ1n) is 5.88. The van der Waals surface area contributed by atoms with Crippen LogP contribution in [-0.4, -0.2) is 42.3 Å². The van der Waals surface area contributed by atoms with Gasteiger partial charge in [-0.05, 0) is 19.8 Å². The van der Waals surface area contributed by atoms with E-state index in [1.54, 1.807) is 4.90 Å². The third-order valence-electron chi connectivity index (χ3n) is 3.63. The second-order valence-electron chi connectivity index (χ2n) is 4.71. The summed E-state index contributed by atoms with van der Waals surface area (Å²) in [5.74, 6) is 0. The second-order valence-corrected chi connectivity index (χ2v) is 4.71. The van der Waals surface area contributed by atoms with E-state index in [2.05, 4.69) is 5.32 Å². The number of hydrogen-bond acceptors (Lipinski definition) is 2. The molecule has 0 bridgehead atoms. The summed E-state index contributed by atoms with van der Waals surface area (Å²) < 4.78 is 37.6. The third-order valence-corrected chi connectivity index (χ3v) is 3.63. The highest BCUT2D eigenvalue weighted by atomic mass is 19.4. The van der Waals surface area contributed by atoms with Crippen molar-refractivity contribution in [2.45, 2.75) is 51.4 Å². The lowest BCUT2D eigenvalue weighted by atomic mass is 9.87. The van der Waals surface area contributed by atoms with Crippen LogP contribution >= 0.6 is 0 Å². The van der Waals surface area contributed by atoms with Gasteiger partial charge < -0.3 is 5.32 Å². The third kappa shape index (κ3) is 3.10. The van der Waals surface area contributed by atoms with Crippen molar-refractivity contribution in [1.29, 1.82) is 0 Å². The van der Waals surface area contributed by atoms with Gasteiger partial charge in [-0.25, -0.2) is 0 Å². The molecule has 1 atom stereocenters. The Hall–Kier alpha value is -0.290. The summed E-state index contributed by atoms with van der Waals surface area (Å²) in [6, 6.07) is 0.133. The predicted molar refractivity (Wildman–Crippen MR) is 58.4 cm³/mol. The van der Waals surface area contributed by atoms with E-state index in [0.29, 0.717) is 13.1 Å². The van der Waals surface area contributed by atoms with Crippen molar-refractivity contribution in [2.75, 3.05) is 19.6 Å². The first-order chi connectivity index (χ1) is 7.33. The Bertz CT molecular complexity index is 224. The number of halogens is 3. The normalized spacial score (nSPS) is 27.0. The Morgan fingerprint density at radius 2 is 1.88 bits per heavy atom. The lowest BCUT2D eigenvalue weighted by Crippen LogP contribution is -2.65. The molecule has 0 radical (unpaired) electrons. The molecule has 16 heavy (non-hydrogen) atoms. The minimum atomic E-state index is -4.10. The molecule has 0 aliphatic carbocycles. The summed E-state index contributed by atoms with van der Waals surface area (Å²) in [6.45, 7) is 6.19. The Labute approximate surface area is 95.2 Å². The van der Waals surface area contributed by atoms with Crippen LogP contribution < -0.4 is 5.32 Å². The number of rotatable bonds is 3. The van der Waals surface area contributed by atoms with Crippen molar-refractivity contribution in [3.8, 4) is 0 Å². The zero-order valence-electron chi connectivity index (χ0n) is 10.2. The molecule has 0 saturated carbocycles. The van der Waals surface area contributed by atoms with Gasteiger partial charge in [0.05, 0.1) is 6.54 Å². The standard InChI is InChI=1S/C11H21F3N2/c1-4-10(5-2)7-15-9(3)6-16(10)8-11(12,13)14/h9,15H,4-8H2,1-3H3. The molecule has 1 N–H and O–H groups in total. The summed E-state index contributed by atoms with van der Waals surface area (Å²) in [5.41, 5.74) is -0.331. The van der Waals surface area contributed by atoms with Gasteiger partial charge in [0.1, 0.15) is 0 Å². The Morgan fingerprint density at radius 1 is 1.31 bits per heavy atom. The largest absolute Gasteiger partial charge is 0.401 e. The quantitative estimate of drug-likeness (QED) is 0.812. The van der Waals surface area contributed by atoms with Gasteiger partial charge in [-0.2, -0.15) is 13.2 Å². The summed E-state index contributed by atoms with van der Waals surface area (Å²) in [7, 11) is 0. The number of alkyl halides is 3. The van der Waals surface area contributed by atoms with E-state index in [1.165, 1.54) is 0 Å². The van der Waals surface area contributed by atoms with Crippen LogP contribution in [0.25, 0.3) is 0 Å². The van der Waals surface area contributed by atoms with E-state index in [9.17, 15) is 13.2 Å². The zero-order valence-corrected chi connectivity index (χ0v) is 10.2. The molecule has 0 aromatic heterocycles. The molecule has 96 valence electrons. The molecule has 0 spiro atoms. The first-order valence-corrected chi connectivity index (χ1v) is 5.88. The fraction of sp³-hybridized carbons (Fsp3) is 1.00. The molecule has 1 aliphatic heterocycles. The van der Waals surface area contributed by atoms with Gasteiger partial charge in [-0.1, -0.05) is 13.8 Å². The Kier molecular flexibility index (Phi) is 4.23. The van der Waals surface area contributed by atoms with E-state index >= 15 is 0 Å². The van der Waals surface area contributed by atoms with Crippen molar-refractivity contribution in [1.82, 2.24) is 10.2 Å². The lowest BCUT2D eigenvalue weighted by Gasteiger charge is -2.49. The van der Waals surface area contributed by atoms with Crippen LogP contribution in [0.15, 0.2) is 0 Å². The summed E-state index contributed by atoms with van der Waals surface area (Å²) in [6.07, 6.45) is -2.61. The number of piperazine rings is 1. The molecule has 0 amide bonds. The average molecular weight is 238 g/mol. The van der Waals surface area contributed by atoms with Crippen molar-refractivity contribution in [3.05, 3.63) is 0 Å². The van der Waals surface area contributed by atoms with Crippen LogP contribution in [0.3, 0.4) is 0 Å². The van der Waals surface area contributed by atoms with Gasteiger partial charge in [0.25, 0.3) is 0 Å². The van der Waals surface area contributed by atoms with Crippen molar-refractivity contribution < 1.29 is 13.2 Å². The highest BCUT2D eigenvalue weighted by Gasteiger charge is 2.43. The van der Waals surface area contributed by atoms with Crippen molar-refractivity contribution in [3.63, 3.8) is 0 Å².